The third-order valence-corrected chi connectivity index (χ3v) is 4.20. The van der Waals surface area contributed by atoms with Crippen LogP contribution in [0.15, 0.2) is 30.3 Å². The summed E-state index contributed by atoms with van der Waals surface area (Å²) in [5.74, 6) is -0.339. The summed E-state index contributed by atoms with van der Waals surface area (Å²) in [5.41, 5.74) is 1.51. The lowest BCUT2D eigenvalue weighted by atomic mass is 10.0. The summed E-state index contributed by atoms with van der Waals surface area (Å²) in [6.45, 7) is 0. The normalized spacial score (nSPS) is 12.6. The number of hydrogen-bond donors (Lipinski definition) is 2. The number of carbonyl (C=O) groups excluding carboxylic acids is 2. The van der Waals surface area contributed by atoms with Gasteiger partial charge in [0.15, 0.2) is 11.5 Å². The van der Waals surface area contributed by atoms with Crippen molar-refractivity contribution in [1.29, 1.82) is 0 Å². The number of aryl methyl sites for hydroxylation is 1. The molecule has 0 bridgehead atoms. The molecule has 2 aromatic rings. The van der Waals surface area contributed by atoms with Gasteiger partial charge in [-0.1, -0.05) is 0 Å². The fourth-order valence-electron chi connectivity index (χ4n) is 2.86. The van der Waals surface area contributed by atoms with Crippen LogP contribution in [0.3, 0.4) is 0 Å². The van der Waals surface area contributed by atoms with Gasteiger partial charge in [0.05, 0.1) is 25.2 Å². The molecule has 0 saturated carbocycles. The average Bonchev–Trinajstić information content (AvgIpc) is 2.66. The lowest BCUT2D eigenvalue weighted by molar-refractivity contribution is -0.385. The standard InChI is InChI=1S/C18H17N3O6/c1-26-15-8-12(14(21(24)25)9-16(15)27-2)18(23)19-11-4-5-13-10(7-11)3-6-17(22)20-13/h4-5,7-9H,3,6H2,1-2H3,(H,19,23)(H,20,22). The Morgan fingerprint density at radius 2 is 1.85 bits per heavy atom. The number of methoxy groups -OCH3 is 2. The molecule has 27 heavy (non-hydrogen) atoms. The first kappa shape index (κ1) is 18.2. The molecule has 1 aliphatic heterocycles. The maximum Gasteiger partial charge on any atom is 0.286 e. The lowest BCUT2D eigenvalue weighted by Crippen LogP contribution is -2.19. The minimum atomic E-state index is -0.654. The second-order valence-corrected chi connectivity index (χ2v) is 5.86. The van der Waals surface area contributed by atoms with Crippen LogP contribution in [0.5, 0.6) is 11.5 Å². The summed E-state index contributed by atoms with van der Waals surface area (Å²) in [6.07, 6.45) is 0.924. The zero-order valence-electron chi connectivity index (χ0n) is 14.7. The van der Waals surface area contributed by atoms with Gasteiger partial charge in [0.2, 0.25) is 5.91 Å². The minimum absolute atomic E-state index is 0.0553. The molecule has 9 nitrogen and oxygen atoms in total. The summed E-state index contributed by atoms with van der Waals surface area (Å²) in [7, 11) is 2.73. The van der Waals surface area contributed by atoms with Crippen LogP contribution in [0.4, 0.5) is 17.1 Å². The molecule has 0 spiro atoms. The van der Waals surface area contributed by atoms with Gasteiger partial charge in [-0.25, -0.2) is 0 Å². The molecule has 140 valence electrons. The van der Waals surface area contributed by atoms with Gasteiger partial charge in [0, 0.05) is 23.9 Å². The van der Waals surface area contributed by atoms with Gasteiger partial charge in [0.1, 0.15) is 5.56 Å². The molecule has 2 N–H and O–H groups in total. The van der Waals surface area contributed by atoms with Crippen LogP contribution in [0.2, 0.25) is 0 Å². The van der Waals surface area contributed by atoms with E-state index in [4.69, 9.17) is 9.47 Å². The van der Waals surface area contributed by atoms with Crippen LogP contribution in [0.25, 0.3) is 0 Å². The van der Waals surface area contributed by atoms with Gasteiger partial charge < -0.3 is 20.1 Å². The molecule has 0 aromatic heterocycles. The van der Waals surface area contributed by atoms with Crippen LogP contribution in [-0.2, 0) is 11.2 Å². The highest BCUT2D eigenvalue weighted by Crippen LogP contribution is 2.35. The summed E-state index contributed by atoms with van der Waals surface area (Å²) < 4.78 is 10.2. The van der Waals surface area contributed by atoms with E-state index in [2.05, 4.69) is 10.6 Å². The number of nitrogens with zero attached hydrogens (tertiary/aromatic N) is 1. The van der Waals surface area contributed by atoms with E-state index in [1.807, 2.05) is 0 Å². The molecule has 0 radical (unpaired) electrons. The Bertz CT molecular complexity index is 941. The van der Waals surface area contributed by atoms with E-state index in [9.17, 15) is 19.7 Å². The summed E-state index contributed by atoms with van der Waals surface area (Å²) >= 11 is 0. The van der Waals surface area contributed by atoms with E-state index in [0.717, 1.165) is 11.6 Å². The van der Waals surface area contributed by atoms with E-state index in [1.165, 1.54) is 20.3 Å². The second kappa shape index (κ2) is 7.32. The van der Waals surface area contributed by atoms with Crippen LogP contribution in [-0.4, -0.2) is 31.0 Å². The average molecular weight is 371 g/mol. The molecule has 9 heteroatoms. The Hall–Kier alpha value is -3.62. The van der Waals surface area contributed by atoms with Crippen LogP contribution in [0.1, 0.15) is 22.3 Å². The zero-order valence-corrected chi connectivity index (χ0v) is 14.7. The number of rotatable bonds is 5. The van der Waals surface area contributed by atoms with E-state index < -0.39 is 16.5 Å². The summed E-state index contributed by atoms with van der Waals surface area (Å²) in [4.78, 5) is 34.8. The Morgan fingerprint density at radius 3 is 2.52 bits per heavy atom. The molecule has 1 aliphatic rings. The molecule has 0 fully saturated rings. The number of benzene rings is 2. The lowest BCUT2D eigenvalue weighted by Gasteiger charge is -2.18. The molecule has 0 aliphatic carbocycles. The smallest absolute Gasteiger partial charge is 0.286 e. The van der Waals surface area contributed by atoms with Gasteiger partial charge in [-0.05, 0) is 30.2 Å². The van der Waals surface area contributed by atoms with Crippen molar-refractivity contribution < 1.29 is 24.0 Å². The number of anilines is 2. The predicted molar refractivity (Wildman–Crippen MR) is 97.5 cm³/mol. The number of nitro benzene ring substituents is 1. The van der Waals surface area contributed by atoms with Crippen molar-refractivity contribution in [3.05, 3.63) is 51.6 Å². The molecule has 2 amide bonds. The predicted octanol–water partition coefficient (Wildman–Crippen LogP) is 2.75. The highest BCUT2D eigenvalue weighted by Gasteiger charge is 2.25. The third-order valence-electron chi connectivity index (χ3n) is 4.20. The van der Waals surface area contributed by atoms with Crippen LogP contribution >= 0.6 is 0 Å². The molecule has 0 atom stereocenters. The number of amides is 2. The van der Waals surface area contributed by atoms with Crippen molar-refractivity contribution in [2.24, 2.45) is 0 Å². The van der Waals surface area contributed by atoms with Crippen LogP contribution in [0, 0.1) is 10.1 Å². The fourth-order valence-corrected chi connectivity index (χ4v) is 2.86. The van der Waals surface area contributed by atoms with Crippen molar-refractivity contribution in [1.82, 2.24) is 0 Å². The molecule has 0 saturated heterocycles. The Kier molecular flexibility index (Phi) is 4.93. The van der Waals surface area contributed by atoms with Crippen molar-refractivity contribution >= 4 is 28.9 Å². The number of hydrogen-bond acceptors (Lipinski definition) is 6. The number of nitro groups is 1. The van der Waals surface area contributed by atoms with Gasteiger partial charge in [-0.15, -0.1) is 0 Å². The van der Waals surface area contributed by atoms with Gasteiger partial charge in [0.25, 0.3) is 11.6 Å². The maximum absolute atomic E-state index is 12.6. The van der Waals surface area contributed by atoms with E-state index in [-0.39, 0.29) is 23.0 Å². The topological polar surface area (TPSA) is 120 Å². The number of fused-ring (bicyclic) bond motifs is 1. The Morgan fingerprint density at radius 1 is 1.15 bits per heavy atom. The number of carbonyl (C=O) groups is 2. The Labute approximate surface area is 154 Å². The number of ether oxygens (including phenoxy) is 2. The first-order chi connectivity index (χ1) is 12.9. The van der Waals surface area contributed by atoms with Crippen molar-refractivity contribution in [2.75, 3.05) is 24.9 Å². The molecule has 2 aromatic carbocycles. The highest BCUT2D eigenvalue weighted by molar-refractivity contribution is 6.08. The third kappa shape index (κ3) is 3.66. The first-order valence-electron chi connectivity index (χ1n) is 8.07. The van der Waals surface area contributed by atoms with Crippen molar-refractivity contribution in [3.8, 4) is 11.5 Å². The first-order valence-corrected chi connectivity index (χ1v) is 8.07. The molecular formula is C18H17N3O6. The largest absolute Gasteiger partial charge is 0.493 e. The van der Waals surface area contributed by atoms with Gasteiger partial charge in [-0.3, -0.25) is 19.7 Å². The highest BCUT2D eigenvalue weighted by atomic mass is 16.6. The molecule has 0 unspecified atom stereocenters. The quantitative estimate of drug-likeness (QED) is 0.616. The zero-order chi connectivity index (χ0) is 19.6. The van der Waals surface area contributed by atoms with Crippen LogP contribution < -0.4 is 20.1 Å². The van der Waals surface area contributed by atoms with Gasteiger partial charge >= 0.3 is 0 Å². The Balaban J connectivity index is 1.92. The second-order valence-electron chi connectivity index (χ2n) is 5.86. The minimum Gasteiger partial charge on any atom is -0.493 e. The van der Waals surface area contributed by atoms with E-state index in [0.29, 0.717) is 24.2 Å². The SMILES string of the molecule is COc1cc(C(=O)Nc2ccc3c(c2)CCC(=O)N3)c([N+](=O)[O-])cc1OC. The van der Waals surface area contributed by atoms with Gasteiger partial charge in [-0.2, -0.15) is 0 Å². The molecule has 3 rings (SSSR count). The molecular weight excluding hydrogens is 354 g/mol. The van der Waals surface area contributed by atoms with Crippen molar-refractivity contribution in [3.63, 3.8) is 0 Å². The molecule has 1 heterocycles. The monoisotopic (exact) mass is 371 g/mol. The fraction of sp³-hybridized carbons (Fsp3) is 0.222. The number of nitrogens with one attached hydrogen (secondary N) is 2. The maximum atomic E-state index is 12.6. The summed E-state index contributed by atoms with van der Waals surface area (Å²) in [5, 5.41) is 16.8. The van der Waals surface area contributed by atoms with E-state index >= 15 is 0 Å². The van der Waals surface area contributed by atoms with Crippen molar-refractivity contribution in [2.45, 2.75) is 12.8 Å². The van der Waals surface area contributed by atoms with E-state index in [1.54, 1.807) is 18.2 Å². The summed E-state index contributed by atoms with van der Waals surface area (Å²) in [6, 6.07) is 7.46.